The SMILES string of the molecule is NC(=O)c1nnc(-c2c(F)cccc2Cl)cc1Nc1ccc(CC(=O)O)cc1. The number of primary amides is 1. The quantitative estimate of drug-likeness (QED) is 0.583. The van der Waals surface area contributed by atoms with Crippen LogP contribution in [0.2, 0.25) is 5.02 Å². The van der Waals surface area contributed by atoms with Gasteiger partial charge in [0.15, 0.2) is 5.69 Å². The number of carbonyl (C=O) groups excluding carboxylic acids is 1. The van der Waals surface area contributed by atoms with Crippen molar-refractivity contribution < 1.29 is 19.1 Å². The summed E-state index contributed by atoms with van der Waals surface area (Å²) < 4.78 is 14.2. The molecule has 0 aliphatic carbocycles. The van der Waals surface area contributed by atoms with E-state index in [9.17, 15) is 14.0 Å². The fourth-order valence-corrected chi connectivity index (χ4v) is 2.83. The van der Waals surface area contributed by atoms with E-state index in [0.29, 0.717) is 11.3 Å². The normalized spacial score (nSPS) is 10.5. The molecule has 0 saturated carbocycles. The Hall–Kier alpha value is -3.52. The van der Waals surface area contributed by atoms with E-state index in [1.165, 1.54) is 24.3 Å². The van der Waals surface area contributed by atoms with E-state index in [2.05, 4.69) is 15.5 Å². The maximum atomic E-state index is 14.2. The topological polar surface area (TPSA) is 118 Å². The molecule has 7 nitrogen and oxygen atoms in total. The number of hydrogen-bond acceptors (Lipinski definition) is 5. The number of nitrogens with one attached hydrogen (secondary N) is 1. The number of carbonyl (C=O) groups is 2. The lowest BCUT2D eigenvalue weighted by atomic mass is 10.1. The number of nitrogens with two attached hydrogens (primary N) is 1. The smallest absolute Gasteiger partial charge is 0.307 e. The van der Waals surface area contributed by atoms with Gasteiger partial charge in [-0.1, -0.05) is 29.8 Å². The molecule has 0 saturated heterocycles. The maximum absolute atomic E-state index is 14.2. The summed E-state index contributed by atoms with van der Waals surface area (Å²) in [6, 6.07) is 12.2. The number of hydrogen-bond donors (Lipinski definition) is 3. The molecule has 0 radical (unpaired) electrons. The Kier molecular flexibility index (Phi) is 5.51. The largest absolute Gasteiger partial charge is 0.481 e. The van der Waals surface area contributed by atoms with Crippen molar-refractivity contribution in [2.45, 2.75) is 6.42 Å². The van der Waals surface area contributed by atoms with Crippen molar-refractivity contribution in [3.05, 3.63) is 70.6 Å². The number of aromatic nitrogens is 2. The van der Waals surface area contributed by atoms with Gasteiger partial charge in [0.25, 0.3) is 5.91 Å². The fourth-order valence-electron chi connectivity index (χ4n) is 2.57. The minimum atomic E-state index is -0.943. The van der Waals surface area contributed by atoms with Crippen molar-refractivity contribution in [3.8, 4) is 11.3 Å². The molecule has 0 aliphatic heterocycles. The Balaban J connectivity index is 1.99. The summed E-state index contributed by atoms with van der Waals surface area (Å²) in [5.74, 6) is -2.34. The zero-order valence-corrected chi connectivity index (χ0v) is 15.1. The minimum absolute atomic E-state index is 0.0487. The molecule has 1 heterocycles. The first kappa shape index (κ1) is 19.2. The molecule has 3 rings (SSSR count). The lowest BCUT2D eigenvalue weighted by Gasteiger charge is -2.12. The predicted molar refractivity (Wildman–Crippen MR) is 102 cm³/mol. The zero-order chi connectivity index (χ0) is 20.3. The molecule has 1 aromatic heterocycles. The second-order valence-corrected chi connectivity index (χ2v) is 6.25. The number of anilines is 2. The lowest BCUT2D eigenvalue weighted by Crippen LogP contribution is -2.16. The van der Waals surface area contributed by atoms with Crippen LogP contribution in [0.25, 0.3) is 11.3 Å². The van der Waals surface area contributed by atoms with E-state index in [0.717, 1.165) is 0 Å². The minimum Gasteiger partial charge on any atom is -0.481 e. The summed E-state index contributed by atoms with van der Waals surface area (Å²) in [6.45, 7) is 0. The Morgan fingerprint density at radius 1 is 1.14 bits per heavy atom. The fraction of sp³-hybridized carbons (Fsp3) is 0.0526. The Bertz CT molecular complexity index is 1040. The molecule has 0 fully saturated rings. The standard InChI is InChI=1S/C19H14ClFN4O3/c20-12-2-1-3-13(21)17(12)14-9-15(18(19(22)28)25-24-14)23-11-6-4-10(5-7-11)8-16(26)27/h1-7,9H,8H2,(H2,22,28)(H,23,24)(H,26,27). The second kappa shape index (κ2) is 8.01. The maximum Gasteiger partial charge on any atom is 0.307 e. The molecule has 2 aromatic carbocycles. The van der Waals surface area contributed by atoms with Gasteiger partial charge in [-0.25, -0.2) is 4.39 Å². The van der Waals surface area contributed by atoms with Crippen molar-refractivity contribution in [1.29, 1.82) is 0 Å². The summed E-state index contributed by atoms with van der Waals surface area (Å²) in [4.78, 5) is 22.5. The number of rotatable bonds is 6. The number of amides is 1. The highest BCUT2D eigenvalue weighted by Gasteiger charge is 2.17. The molecule has 3 aromatic rings. The zero-order valence-electron chi connectivity index (χ0n) is 14.3. The summed E-state index contributed by atoms with van der Waals surface area (Å²) in [7, 11) is 0. The summed E-state index contributed by atoms with van der Waals surface area (Å²) in [5.41, 5.74) is 6.76. The third-order valence-electron chi connectivity index (χ3n) is 3.83. The lowest BCUT2D eigenvalue weighted by molar-refractivity contribution is -0.136. The third kappa shape index (κ3) is 4.24. The van der Waals surface area contributed by atoms with Crippen molar-refractivity contribution in [2.24, 2.45) is 5.73 Å². The Morgan fingerprint density at radius 2 is 1.86 bits per heavy atom. The average Bonchev–Trinajstić information content (AvgIpc) is 2.63. The summed E-state index contributed by atoms with van der Waals surface area (Å²) >= 11 is 6.07. The molecule has 0 spiro atoms. The Labute approximate surface area is 164 Å². The molecule has 4 N–H and O–H groups in total. The van der Waals surface area contributed by atoms with Crippen LogP contribution < -0.4 is 11.1 Å². The second-order valence-electron chi connectivity index (χ2n) is 5.85. The van der Waals surface area contributed by atoms with Gasteiger partial charge in [0.2, 0.25) is 0 Å². The van der Waals surface area contributed by atoms with E-state index >= 15 is 0 Å². The van der Waals surface area contributed by atoms with Gasteiger partial charge in [-0.2, -0.15) is 0 Å². The highest BCUT2D eigenvalue weighted by molar-refractivity contribution is 6.33. The van der Waals surface area contributed by atoms with Crippen molar-refractivity contribution >= 4 is 34.9 Å². The molecule has 0 atom stereocenters. The van der Waals surface area contributed by atoms with Crippen LogP contribution in [0.5, 0.6) is 0 Å². The van der Waals surface area contributed by atoms with Gasteiger partial charge in [-0.3, -0.25) is 9.59 Å². The summed E-state index contributed by atoms with van der Waals surface area (Å²) in [6.07, 6.45) is -0.112. The van der Waals surface area contributed by atoms with Gasteiger partial charge in [-0.05, 0) is 35.9 Å². The van der Waals surface area contributed by atoms with Crippen LogP contribution in [-0.2, 0) is 11.2 Å². The van der Waals surface area contributed by atoms with Gasteiger partial charge in [-0.15, -0.1) is 10.2 Å². The first-order valence-electron chi connectivity index (χ1n) is 8.05. The van der Waals surface area contributed by atoms with Crippen molar-refractivity contribution in [1.82, 2.24) is 10.2 Å². The number of carboxylic acids is 1. The number of carboxylic acid groups (broad SMARTS) is 1. The van der Waals surface area contributed by atoms with Gasteiger partial charge < -0.3 is 16.2 Å². The molecule has 9 heteroatoms. The van der Waals surface area contributed by atoms with Crippen molar-refractivity contribution in [3.63, 3.8) is 0 Å². The van der Waals surface area contributed by atoms with E-state index in [1.807, 2.05) is 0 Å². The van der Waals surface area contributed by atoms with E-state index in [-0.39, 0.29) is 34.1 Å². The first-order chi connectivity index (χ1) is 13.3. The predicted octanol–water partition coefficient (Wildman–Crippen LogP) is 3.41. The van der Waals surface area contributed by atoms with Crippen LogP contribution in [0.4, 0.5) is 15.8 Å². The molecular formula is C19H14ClFN4O3. The van der Waals surface area contributed by atoms with Crippen LogP contribution in [-0.4, -0.2) is 27.2 Å². The van der Waals surface area contributed by atoms with Gasteiger partial charge in [0.05, 0.1) is 28.4 Å². The van der Waals surface area contributed by atoms with E-state index < -0.39 is 17.7 Å². The molecule has 0 unspecified atom stereocenters. The molecular weight excluding hydrogens is 387 g/mol. The molecule has 142 valence electrons. The first-order valence-corrected chi connectivity index (χ1v) is 8.42. The van der Waals surface area contributed by atoms with E-state index in [1.54, 1.807) is 24.3 Å². The van der Waals surface area contributed by atoms with Crippen LogP contribution in [0.1, 0.15) is 16.1 Å². The van der Waals surface area contributed by atoms with Gasteiger partial charge in [0.1, 0.15) is 5.82 Å². The van der Waals surface area contributed by atoms with Crippen LogP contribution in [0, 0.1) is 5.82 Å². The highest BCUT2D eigenvalue weighted by atomic mass is 35.5. The van der Waals surface area contributed by atoms with Crippen LogP contribution >= 0.6 is 11.6 Å². The Morgan fingerprint density at radius 3 is 2.46 bits per heavy atom. The van der Waals surface area contributed by atoms with Gasteiger partial charge in [0, 0.05) is 5.69 Å². The number of benzene rings is 2. The highest BCUT2D eigenvalue weighted by Crippen LogP contribution is 2.31. The van der Waals surface area contributed by atoms with Crippen LogP contribution in [0.3, 0.4) is 0 Å². The van der Waals surface area contributed by atoms with Gasteiger partial charge >= 0.3 is 5.97 Å². The van der Waals surface area contributed by atoms with Crippen molar-refractivity contribution in [2.75, 3.05) is 5.32 Å². The monoisotopic (exact) mass is 400 g/mol. The molecule has 1 amide bonds. The molecule has 28 heavy (non-hydrogen) atoms. The molecule has 0 bridgehead atoms. The molecule has 0 aliphatic rings. The number of nitrogens with zero attached hydrogens (tertiary/aromatic N) is 2. The third-order valence-corrected chi connectivity index (χ3v) is 4.15. The number of halogens is 2. The number of aliphatic carboxylic acids is 1. The van der Waals surface area contributed by atoms with Crippen LogP contribution in [0.15, 0.2) is 48.5 Å². The average molecular weight is 401 g/mol. The van der Waals surface area contributed by atoms with E-state index in [4.69, 9.17) is 22.4 Å². The summed E-state index contributed by atoms with van der Waals surface area (Å²) in [5, 5.41) is 19.6.